The monoisotopic (exact) mass is 188 g/mol. The molecule has 0 spiro atoms. The highest BCUT2D eigenvalue weighted by molar-refractivity contribution is 7.98. The molecule has 0 aromatic carbocycles. The molecule has 0 atom stereocenters. The van der Waals surface area contributed by atoms with E-state index in [-0.39, 0.29) is 0 Å². The quantitative estimate of drug-likeness (QED) is 0.682. The molecule has 0 aliphatic rings. The lowest BCUT2D eigenvalue weighted by Gasteiger charge is -1.96. The summed E-state index contributed by atoms with van der Waals surface area (Å²) in [5, 5.41) is 0.520. The number of halogens is 1. The Morgan fingerprint density at radius 3 is 3.09 bits per heavy atom. The van der Waals surface area contributed by atoms with Crippen LogP contribution in [0, 0.1) is 0 Å². The molecule has 11 heavy (non-hydrogen) atoms. The van der Waals surface area contributed by atoms with Crippen molar-refractivity contribution in [2.24, 2.45) is 0 Å². The fourth-order valence-corrected chi connectivity index (χ4v) is 1.32. The topological polar surface area (TPSA) is 25.8 Å². The van der Waals surface area contributed by atoms with Crippen LogP contribution in [-0.2, 0) is 5.75 Å². The van der Waals surface area contributed by atoms with Gasteiger partial charge in [0.05, 0.1) is 5.75 Å². The number of thioether (sulfide) groups is 1. The molecule has 0 saturated carbocycles. The van der Waals surface area contributed by atoms with Gasteiger partial charge in [-0.05, 0) is 11.8 Å². The molecule has 1 aromatic rings. The average molecular weight is 189 g/mol. The van der Waals surface area contributed by atoms with Gasteiger partial charge in [-0.1, -0.05) is 18.5 Å². The van der Waals surface area contributed by atoms with Crippen LogP contribution in [0.15, 0.2) is 12.3 Å². The standard InChI is InChI=1S/C7H9ClN2S/c1-2-11-5-7-9-4-3-6(8)10-7/h3-4H,2,5H2,1H3. The second-order valence-electron chi connectivity index (χ2n) is 1.93. The molecule has 0 saturated heterocycles. The fourth-order valence-electron chi connectivity index (χ4n) is 0.637. The minimum absolute atomic E-state index is 0.520. The third kappa shape index (κ3) is 3.08. The molecule has 0 fully saturated rings. The van der Waals surface area contributed by atoms with Gasteiger partial charge in [-0.25, -0.2) is 9.97 Å². The third-order valence-electron chi connectivity index (χ3n) is 1.11. The van der Waals surface area contributed by atoms with Gasteiger partial charge in [0.2, 0.25) is 0 Å². The van der Waals surface area contributed by atoms with E-state index in [9.17, 15) is 0 Å². The molecule has 60 valence electrons. The first-order valence-electron chi connectivity index (χ1n) is 3.38. The second-order valence-corrected chi connectivity index (χ2v) is 3.59. The smallest absolute Gasteiger partial charge is 0.139 e. The second kappa shape index (κ2) is 4.57. The van der Waals surface area contributed by atoms with E-state index in [4.69, 9.17) is 11.6 Å². The summed E-state index contributed by atoms with van der Waals surface area (Å²) >= 11 is 7.45. The van der Waals surface area contributed by atoms with Crippen LogP contribution in [-0.4, -0.2) is 15.7 Å². The maximum absolute atomic E-state index is 5.66. The fraction of sp³-hybridized carbons (Fsp3) is 0.429. The number of hydrogen-bond donors (Lipinski definition) is 0. The zero-order valence-corrected chi connectivity index (χ0v) is 7.82. The van der Waals surface area contributed by atoms with E-state index in [1.807, 2.05) is 0 Å². The summed E-state index contributed by atoms with van der Waals surface area (Å²) in [6.45, 7) is 2.11. The van der Waals surface area contributed by atoms with Gasteiger partial charge in [-0.15, -0.1) is 0 Å². The van der Waals surface area contributed by atoms with E-state index in [0.717, 1.165) is 17.3 Å². The SMILES string of the molecule is CCSCc1nccc(Cl)n1. The largest absolute Gasteiger partial charge is 0.240 e. The Morgan fingerprint density at radius 2 is 2.45 bits per heavy atom. The number of hydrogen-bond acceptors (Lipinski definition) is 3. The number of aromatic nitrogens is 2. The van der Waals surface area contributed by atoms with E-state index in [1.165, 1.54) is 0 Å². The van der Waals surface area contributed by atoms with E-state index in [2.05, 4.69) is 16.9 Å². The van der Waals surface area contributed by atoms with Crippen molar-refractivity contribution in [2.75, 3.05) is 5.75 Å². The molecule has 0 aliphatic carbocycles. The van der Waals surface area contributed by atoms with Crippen LogP contribution in [0.25, 0.3) is 0 Å². The molecular formula is C7H9ClN2S. The van der Waals surface area contributed by atoms with Crippen molar-refractivity contribution in [3.05, 3.63) is 23.2 Å². The molecule has 0 N–H and O–H groups in total. The predicted octanol–water partition coefficient (Wildman–Crippen LogP) is 2.38. The van der Waals surface area contributed by atoms with Crippen LogP contribution in [0.5, 0.6) is 0 Å². The number of rotatable bonds is 3. The minimum atomic E-state index is 0.520. The summed E-state index contributed by atoms with van der Waals surface area (Å²) in [7, 11) is 0. The van der Waals surface area contributed by atoms with E-state index in [1.54, 1.807) is 24.0 Å². The van der Waals surface area contributed by atoms with Gasteiger partial charge in [0.25, 0.3) is 0 Å². The lowest BCUT2D eigenvalue weighted by molar-refractivity contribution is 1.03. The minimum Gasteiger partial charge on any atom is -0.240 e. The zero-order chi connectivity index (χ0) is 8.10. The molecular weight excluding hydrogens is 180 g/mol. The summed E-state index contributed by atoms with van der Waals surface area (Å²) in [6.07, 6.45) is 1.68. The van der Waals surface area contributed by atoms with Crippen molar-refractivity contribution < 1.29 is 0 Å². The lowest BCUT2D eigenvalue weighted by Crippen LogP contribution is -1.91. The van der Waals surface area contributed by atoms with E-state index < -0.39 is 0 Å². The Morgan fingerprint density at radius 1 is 1.64 bits per heavy atom. The van der Waals surface area contributed by atoms with Gasteiger partial charge < -0.3 is 0 Å². The van der Waals surface area contributed by atoms with Gasteiger partial charge >= 0.3 is 0 Å². The Kier molecular flexibility index (Phi) is 3.66. The highest BCUT2D eigenvalue weighted by atomic mass is 35.5. The highest BCUT2D eigenvalue weighted by Crippen LogP contribution is 2.09. The first kappa shape index (κ1) is 8.81. The van der Waals surface area contributed by atoms with E-state index >= 15 is 0 Å². The molecule has 0 radical (unpaired) electrons. The van der Waals surface area contributed by atoms with Crippen LogP contribution < -0.4 is 0 Å². The van der Waals surface area contributed by atoms with Gasteiger partial charge in [0.15, 0.2) is 0 Å². The predicted molar refractivity (Wildman–Crippen MR) is 48.9 cm³/mol. The molecule has 0 unspecified atom stereocenters. The molecule has 0 bridgehead atoms. The summed E-state index contributed by atoms with van der Waals surface area (Å²) in [6, 6.07) is 1.68. The van der Waals surface area contributed by atoms with Crippen LogP contribution in [0.1, 0.15) is 12.7 Å². The van der Waals surface area contributed by atoms with Crippen LogP contribution in [0.2, 0.25) is 5.15 Å². The molecule has 4 heteroatoms. The zero-order valence-electron chi connectivity index (χ0n) is 6.25. The van der Waals surface area contributed by atoms with Crippen molar-refractivity contribution in [1.29, 1.82) is 0 Å². The Labute approximate surface area is 75.4 Å². The summed E-state index contributed by atoms with van der Waals surface area (Å²) in [5.41, 5.74) is 0. The summed E-state index contributed by atoms with van der Waals surface area (Å²) in [4.78, 5) is 8.10. The Balaban J connectivity index is 2.56. The Hall–Kier alpha value is -0.280. The van der Waals surface area contributed by atoms with Crippen molar-refractivity contribution in [3.8, 4) is 0 Å². The van der Waals surface area contributed by atoms with Crippen molar-refractivity contribution >= 4 is 23.4 Å². The summed E-state index contributed by atoms with van der Waals surface area (Å²) in [5.74, 6) is 2.73. The van der Waals surface area contributed by atoms with Crippen LogP contribution in [0.3, 0.4) is 0 Å². The Bertz CT molecular complexity index is 229. The molecule has 2 nitrogen and oxygen atoms in total. The van der Waals surface area contributed by atoms with Gasteiger partial charge in [-0.3, -0.25) is 0 Å². The van der Waals surface area contributed by atoms with Crippen LogP contribution >= 0.6 is 23.4 Å². The molecule has 0 aliphatic heterocycles. The van der Waals surface area contributed by atoms with E-state index in [0.29, 0.717) is 5.15 Å². The summed E-state index contributed by atoms with van der Waals surface area (Å²) < 4.78 is 0. The highest BCUT2D eigenvalue weighted by Gasteiger charge is 1.95. The average Bonchev–Trinajstić information content (AvgIpc) is 2.01. The maximum Gasteiger partial charge on any atom is 0.139 e. The molecule has 1 rings (SSSR count). The molecule has 1 heterocycles. The van der Waals surface area contributed by atoms with Gasteiger partial charge in [0.1, 0.15) is 11.0 Å². The van der Waals surface area contributed by atoms with Crippen molar-refractivity contribution in [2.45, 2.75) is 12.7 Å². The van der Waals surface area contributed by atoms with Gasteiger partial charge in [0, 0.05) is 6.20 Å². The van der Waals surface area contributed by atoms with Crippen LogP contribution in [0.4, 0.5) is 0 Å². The lowest BCUT2D eigenvalue weighted by atomic mass is 10.6. The first-order chi connectivity index (χ1) is 5.33. The number of nitrogens with zero attached hydrogens (tertiary/aromatic N) is 2. The van der Waals surface area contributed by atoms with Crippen molar-refractivity contribution in [1.82, 2.24) is 9.97 Å². The van der Waals surface area contributed by atoms with Gasteiger partial charge in [-0.2, -0.15) is 11.8 Å². The first-order valence-corrected chi connectivity index (χ1v) is 4.91. The molecule has 1 aromatic heterocycles. The molecule has 0 amide bonds. The van der Waals surface area contributed by atoms with Crippen molar-refractivity contribution in [3.63, 3.8) is 0 Å². The normalized spacial score (nSPS) is 10.0. The maximum atomic E-state index is 5.66. The third-order valence-corrected chi connectivity index (χ3v) is 2.19.